The van der Waals surface area contributed by atoms with E-state index in [4.69, 9.17) is 30.5 Å². The molecule has 0 aliphatic heterocycles. The minimum atomic E-state index is -0.897. The largest absolute Gasteiger partial charge is 0.493 e. The van der Waals surface area contributed by atoms with E-state index in [2.05, 4.69) is 10.3 Å². The van der Waals surface area contributed by atoms with Crippen molar-refractivity contribution in [1.29, 1.82) is 0 Å². The predicted molar refractivity (Wildman–Crippen MR) is 167 cm³/mol. The number of nitrogens with zero attached hydrogens (tertiary/aromatic N) is 3. The van der Waals surface area contributed by atoms with Crippen LogP contribution in [0.15, 0.2) is 65.7 Å². The molecule has 234 valence electrons. The third-order valence-corrected chi connectivity index (χ3v) is 6.76. The topological polar surface area (TPSA) is 122 Å². The summed E-state index contributed by atoms with van der Waals surface area (Å²) in [7, 11) is 1.49. The molecular formula is C32H37ClN4O7. The average molecular weight is 625 g/mol. The maximum Gasteiger partial charge on any atom is 0.408 e. The lowest BCUT2D eigenvalue weighted by atomic mass is 10.1. The number of fused-ring (bicyclic) bond motifs is 1. The van der Waals surface area contributed by atoms with E-state index in [1.54, 1.807) is 77.9 Å². The molecule has 1 unspecified atom stereocenters. The fourth-order valence-corrected chi connectivity index (χ4v) is 4.52. The molecule has 11 nitrogen and oxygen atoms in total. The van der Waals surface area contributed by atoms with Crippen molar-refractivity contribution in [3.8, 4) is 28.4 Å². The molecule has 1 N–H and O–H groups in total. The van der Waals surface area contributed by atoms with Gasteiger partial charge in [0.05, 0.1) is 18.5 Å². The molecule has 2 atom stereocenters. The van der Waals surface area contributed by atoms with Crippen molar-refractivity contribution in [3.05, 3.63) is 76.4 Å². The highest BCUT2D eigenvalue weighted by molar-refractivity contribution is 6.30. The van der Waals surface area contributed by atoms with Crippen LogP contribution in [0, 0.1) is 5.92 Å². The number of rotatable bonds is 10. The van der Waals surface area contributed by atoms with Crippen LogP contribution in [-0.4, -0.2) is 57.5 Å². The fourth-order valence-electron chi connectivity index (χ4n) is 4.40. The minimum absolute atomic E-state index is 0.0139. The number of amides is 1. The summed E-state index contributed by atoms with van der Waals surface area (Å²) in [6, 6.07) is 14.9. The summed E-state index contributed by atoms with van der Waals surface area (Å²) in [5.41, 5.74) is 1.50. The summed E-state index contributed by atoms with van der Waals surface area (Å²) < 4.78 is 25.2. The normalized spacial score (nSPS) is 12.9. The van der Waals surface area contributed by atoms with Gasteiger partial charge in [-0.25, -0.2) is 23.8 Å². The molecule has 0 bridgehead atoms. The first-order valence-corrected chi connectivity index (χ1v) is 14.5. The molecule has 0 saturated carbocycles. The van der Waals surface area contributed by atoms with Crippen molar-refractivity contribution >= 4 is 29.3 Å². The van der Waals surface area contributed by atoms with Crippen molar-refractivity contribution in [2.24, 2.45) is 5.92 Å². The molecule has 44 heavy (non-hydrogen) atoms. The van der Waals surface area contributed by atoms with Crippen LogP contribution in [0.4, 0.5) is 4.79 Å². The van der Waals surface area contributed by atoms with E-state index in [9.17, 15) is 14.4 Å². The Morgan fingerprint density at radius 2 is 1.70 bits per heavy atom. The van der Waals surface area contributed by atoms with Gasteiger partial charge in [0.1, 0.15) is 36.3 Å². The Morgan fingerprint density at radius 3 is 2.34 bits per heavy atom. The maximum absolute atomic E-state index is 13.6. The molecule has 2 aromatic heterocycles. The van der Waals surface area contributed by atoms with Crippen molar-refractivity contribution in [2.45, 2.75) is 59.3 Å². The van der Waals surface area contributed by atoms with Crippen molar-refractivity contribution in [3.63, 3.8) is 0 Å². The standard InChI is InChI=1S/C32H37ClN4O7/c1-19(2)28(35-30(39)44-32(4,5)6)29(38)43-20(3)17-42-25-14-12-23(16-26(25)41-7)36-18-34-27-15-13-24(37(27)31(36)40)21-8-10-22(33)11-9-21/h8-16,18-20,28H,17H2,1-7H3,(H,35,39)/t20-,28?/m1/s1. The highest BCUT2D eigenvalue weighted by Gasteiger charge is 2.29. The molecule has 0 aliphatic carbocycles. The van der Waals surface area contributed by atoms with Gasteiger partial charge in [0.2, 0.25) is 0 Å². The smallest absolute Gasteiger partial charge is 0.408 e. The van der Waals surface area contributed by atoms with E-state index in [1.165, 1.54) is 22.4 Å². The molecule has 0 aliphatic rings. The zero-order valence-corrected chi connectivity index (χ0v) is 26.5. The molecular weight excluding hydrogens is 588 g/mol. The Labute approximate surface area is 260 Å². The van der Waals surface area contributed by atoms with Crippen LogP contribution in [0.25, 0.3) is 22.6 Å². The minimum Gasteiger partial charge on any atom is -0.493 e. The maximum atomic E-state index is 13.6. The molecule has 0 radical (unpaired) electrons. The van der Waals surface area contributed by atoms with E-state index >= 15 is 0 Å². The number of hydrogen-bond donors (Lipinski definition) is 1. The Kier molecular flexibility index (Phi) is 9.88. The number of esters is 1. The number of alkyl carbamates (subject to hydrolysis) is 1. The third kappa shape index (κ3) is 7.71. The Balaban J connectivity index is 1.47. The monoisotopic (exact) mass is 624 g/mol. The van der Waals surface area contributed by atoms with E-state index in [-0.39, 0.29) is 18.2 Å². The zero-order chi connectivity index (χ0) is 32.2. The van der Waals surface area contributed by atoms with Gasteiger partial charge >= 0.3 is 17.8 Å². The number of hydrogen-bond acceptors (Lipinski definition) is 8. The van der Waals surface area contributed by atoms with Gasteiger partial charge in [-0.05, 0) is 75.6 Å². The highest BCUT2D eigenvalue weighted by Crippen LogP contribution is 2.30. The van der Waals surface area contributed by atoms with Gasteiger partial charge < -0.3 is 24.3 Å². The van der Waals surface area contributed by atoms with E-state index in [1.807, 2.05) is 18.2 Å². The SMILES string of the molecule is COc1cc(-n2cnc3ccc(-c4ccc(Cl)cc4)n3c2=O)ccc1OC[C@@H](C)OC(=O)C(NC(=O)OC(C)(C)C)C(C)C. The first kappa shape index (κ1) is 32.4. The summed E-state index contributed by atoms with van der Waals surface area (Å²) >= 11 is 6.04. The summed E-state index contributed by atoms with van der Waals surface area (Å²) in [5, 5.41) is 3.18. The molecule has 4 aromatic rings. The molecule has 0 spiro atoms. The zero-order valence-electron chi connectivity index (χ0n) is 25.8. The number of carbonyl (C=O) groups is 2. The first-order valence-electron chi connectivity index (χ1n) is 14.1. The number of benzene rings is 2. The average Bonchev–Trinajstić information content (AvgIpc) is 3.39. The van der Waals surface area contributed by atoms with Gasteiger partial charge in [-0.2, -0.15) is 0 Å². The fraction of sp³-hybridized carbons (Fsp3) is 0.375. The third-order valence-electron chi connectivity index (χ3n) is 6.51. The van der Waals surface area contributed by atoms with E-state index in [0.29, 0.717) is 33.6 Å². The second-order valence-corrected chi connectivity index (χ2v) is 12.0. The first-order chi connectivity index (χ1) is 20.8. The van der Waals surface area contributed by atoms with Crippen molar-refractivity contribution in [2.75, 3.05) is 13.7 Å². The van der Waals surface area contributed by atoms with Gasteiger partial charge in [-0.3, -0.25) is 4.57 Å². The van der Waals surface area contributed by atoms with Crippen LogP contribution in [0.1, 0.15) is 41.5 Å². The van der Waals surface area contributed by atoms with Gasteiger partial charge in [0.15, 0.2) is 11.5 Å². The van der Waals surface area contributed by atoms with Crippen LogP contribution < -0.4 is 20.5 Å². The summed E-state index contributed by atoms with van der Waals surface area (Å²) in [6.45, 7) is 10.5. The number of ether oxygens (including phenoxy) is 4. The van der Waals surface area contributed by atoms with E-state index < -0.39 is 29.8 Å². The number of halogens is 1. The molecule has 2 aromatic carbocycles. The summed E-state index contributed by atoms with van der Waals surface area (Å²) in [5.74, 6) is -0.0855. The lowest BCUT2D eigenvalue weighted by Crippen LogP contribution is -2.48. The summed E-state index contributed by atoms with van der Waals surface area (Å²) in [4.78, 5) is 43.1. The number of aromatic nitrogens is 3. The second kappa shape index (κ2) is 13.4. The van der Waals surface area contributed by atoms with Crippen LogP contribution in [0.2, 0.25) is 5.02 Å². The van der Waals surface area contributed by atoms with Gasteiger partial charge in [-0.1, -0.05) is 37.6 Å². The Hall–Kier alpha value is -4.51. The second-order valence-electron chi connectivity index (χ2n) is 11.6. The summed E-state index contributed by atoms with van der Waals surface area (Å²) in [6.07, 6.45) is 0.104. The Bertz CT molecular complexity index is 1690. The molecule has 0 fully saturated rings. The van der Waals surface area contributed by atoms with E-state index in [0.717, 1.165) is 5.56 Å². The lowest BCUT2D eigenvalue weighted by molar-refractivity contribution is -0.153. The molecule has 12 heteroatoms. The quantitative estimate of drug-likeness (QED) is 0.224. The van der Waals surface area contributed by atoms with Gasteiger partial charge in [0.25, 0.3) is 0 Å². The lowest BCUT2D eigenvalue weighted by Gasteiger charge is -2.25. The Morgan fingerprint density at radius 1 is 1.00 bits per heavy atom. The predicted octanol–water partition coefficient (Wildman–Crippen LogP) is 5.67. The number of methoxy groups -OCH3 is 1. The van der Waals surface area contributed by atoms with Gasteiger partial charge in [0, 0.05) is 11.1 Å². The van der Waals surface area contributed by atoms with Crippen LogP contribution in [0.5, 0.6) is 11.5 Å². The van der Waals surface area contributed by atoms with Crippen LogP contribution in [0.3, 0.4) is 0 Å². The van der Waals surface area contributed by atoms with Crippen LogP contribution in [-0.2, 0) is 14.3 Å². The van der Waals surface area contributed by atoms with Crippen molar-refractivity contribution in [1.82, 2.24) is 19.3 Å². The number of nitrogens with one attached hydrogen (secondary N) is 1. The van der Waals surface area contributed by atoms with Gasteiger partial charge in [-0.15, -0.1) is 0 Å². The molecule has 2 heterocycles. The highest BCUT2D eigenvalue weighted by atomic mass is 35.5. The molecule has 4 rings (SSSR count). The molecule has 1 amide bonds. The molecule has 0 saturated heterocycles. The van der Waals surface area contributed by atoms with Crippen molar-refractivity contribution < 1.29 is 28.5 Å². The van der Waals surface area contributed by atoms with Crippen LogP contribution >= 0.6 is 11.6 Å². The number of carbonyl (C=O) groups excluding carboxylic acids is 2.